The van der Waals surface area contributed by atoms with Gasteiger partial charge in [-0.15, -0.1) is 0 Å². The first kappa shape index (κ1) is 21.0. The summed E-state index contributed by atoms with van der Waals surface area (Å²) in [5, 5.41) is 9.05. The first-order valence-electron chi connectivity index (χ1n) is 9.59. The molecule has 3 rings (SSSR count). The summed E-state index contributed by atoms with van der Waals surface area (Å²) in [7, 11) is -1.87. The summed E-state index contributed by atoms with van der Waals surface area (Å²) in [6.07, 6.45) is 0.955. The van der Waals surface area contributed by atoms with Crippen molar-refractivity contribution >= 4 is 21.6 Å². The second-order valence-electron chi connectivity index (χ2n) is 7.48. The molecule has 0 unspecified atom stereocenters. The minimum Gasteiger partial charge on any atom is -0.315 e. The zero-order valence-electron chi connectivity index (χ0n) is 16.9. The van der Waals surface area contributed by atoms with Gasteiger partial charge >= 0.3 is 0 Å². The highest BCUT2D eigenvalue weighted by Gasteiger charge is 2.33. The normalized spacial score (nSPS) is 15.7. The molecule has 0 saturated carbocycles. The number of rotatable bonds is 4. The molecule has 2 aromatic carbocycles. The van der Waals surface area contributed by atoms with Crippen LogP contribution in [0.15, 0.2) is 47.4 Å². The number of piperidine rings is 1. The number of nitrogens with zero attached hydrogens (tertiary/aromatic N) is 3. The number of anilines is 1. The SMILES string of the molecule is Cc1ccc(S(=O)(=O)N2CCC(C(=O)N(C)c3cccc(C#N)c3)CC2)cc1C. The molecule has 152 valence electrons. The van der Waals surface area contributed by atoms with E-state index >= 15 is 0 Å². The third-order valence-electron chi connectivity index (χ3n) is 5.61. The van der Waals surface area contributed by atoms with Crippen molar-refractivity contribution in [2.75, 3.05) is 25.0 Å². The summed E-state index contributed by atoms with van der Waals surface area (Å²) in [5.41, 5.74) is 3.16. The fourth-order valence-corrected chi connectivity index (χ4v) is 5.11. The molecule has 0 aromatic heterocycles. The maximum absolute atomic E-state index is 13.0. The highest BCUT2D eigenvalue weighted by atomic mass is 32.2. The van der Waals surface area contributed by atoms with Gasteiger partial charge in [-0.3, -0.25) is 4.79 Å². The molecule has 6 nitrogen and oxygen atoms in total. The number of amides is 1. The molecule has 0 atom stereocenters. The average molecular weight is 412 g/mol. The van der Waals surface area contributed by atoms with Gasteiger partial charge in [-0.25, -0.2) is 8.42 Å². The van der Waals surface area contributed by atoms with E-state index in [4.69, 9.17) is 5.26 Å². The quantitative estimate of drug-likeness (QED) is 0.773. The molecule has 7 heteroatoms. The van der Waals surface area contributed by atoms with Gasteiger partial charge in [-0.2, -0.15) is 9.57 Å². The Balaban J connectivity index is 1.68. The Morgan fingerprint density at radius 3 is 2.41 bits per heavy atom. The van der Waals surface area contributed by atoms with Gasteiger partial charge in [0.2, 0.25) is 15.9 Å². The molecule has 1 saturated heterocycles. The van der Waals surface area contributed by atoms with Crippen molar-refractivity contribution in [2.24, 2.45) is 5.92 Å². The number of carbonyl (C=O) groups excluding carboxylic acids is 1. The standard InChI is InChI=1S/C22H25N3O3S/c1-16-7-8-21(13-17(16)2)29(27,28)25-11-9-19(10-12-25)22(26)24(3)20-6-4-5-18(14-20)15-23/h4-8,13-14,19H,9-12H2,1-3H3. The lowest BCUT2D eigenvalue weighted by atomic mass is 9.96. The van der Waals surface area contributed by atoms with E-state index in [1.807, 2.05) is 19.9 Å². The number of aryl methyl sites for hydroxylation is 2. The molecular weight excluding hydrogens is 386 g/mol. The second kappa shape index (κ2) is 8.36. The Morgan fingerprint density at radius 1 is 1.10 bits per heavy atom. The van der Waals surface area contributed by atoms with Crippen molar-refractivity contribution < 1.29 is 13.2 Å². The van der Waals surface area contributed by atoms with Gasteiger partial charge in [0.15, 0.2) is 0 Å². The first-order valence-corrected chi connectivity index (χ1v) is 11.0. The highest BCUT2D eigenvalue weighted by Crippen LogP contribution is 2.27. The third-order valence-corrected chi connectivity index (χ3v) is 7.51. The Hall–Kier alpha value is -2.69. The van der Waals surface area contributed by atoms with E-state index in [9.17, 15) is 13.2 Å². The molecule has 1 aliphatic heterocycles. The van der Waals surface area contributed by atoms with Crippen LogP contribution in [0.4, 0.5) is 5.69 Å². The van der Waals surface area contributed by atoms with Crippen LogP contribution < -0.4 is 4.90 Å². The number of hydrogen-bond acceptors (Lipinski definition) is 4. The van der Waals surface area contributed by atoms with E-state index in [0.29, 0.717) is 42.1 Å². The molecule has 29 heavy (non-hydrogen) atoms. The molecular formula is C22H25N3O3S. The summed E-state index contributed by atoms with van der Waals surface area (Å²) in [6.45, 7) is 4.48. The van der Waals surface area contributed by atoms with Gasteiger partial charge < -0.3 is 4.90 Å². The van der Waals surface area contributed by atoms with Gasteiger partial charge in [-0.05, 0) is 68.1 Å². The van der Waals surface area contributed by atoms with Gasteiger partial charge in [0.05, 0.1) is 16.5 Å². The van der Waals surface area contributed by atoms with E-state index < -0.39 is 10.0 Å². The van der Waals surface area contributed by atoms with Gasteiger partial charge in [0.1, 0.15) is 0 Å². The Morgan fingerprint density at radius 2 is 1.79 bits per heavy atom. The van der Waals surface area contributed by atoms with Gasteiger partial charge in [-0.1, -0.05) is 12.1 Å². The van der Waals surface area contributed by atoms with Crippen molar-refractivity contribution in [3.05, 3.63) is 59.2 Å². The molecule has 1 fully saturated rings. The molecule has 1 aliphatic rings. The maximum atomic E-state index is 13.0. The number of hydrogen-bond donors (Lipinski definition) is 0. The largest absolute Gasteiger partial charge is 0.315 e. The molecule has 0 N–H and O–H groups in total. The molecule has 0 bridgehead atoms. The third kappa shape index (κ3) is 4.34. The van der Waals surface area contributed by atoms with Crippen LogP contribution in [0.3, 0.4) is 0 Å². The van der Waals surface area contributed by atoms with Crippen molar-refractivity contribution in [2.45, 2.75) is 31.6 Å². The number of nitriles is 1. The van der Waals surface area contributed by atoms with Crippen LogP contribution in [-0.2, 0) is 14.8 Å². The van der Waals surface area contributed by atoms with Gasteiger partial charge in [0, 0.05) is 31.7 Å². The van der Waals surface area contributed by atoms with Crippen molar-refractivity contribution in [3.63, 3.8) is 0 Å². The Kier molecular flexibility index (Phi) is 6.06. The zero-order valence-corrected chi connectivity index (χ0v) is 17.7. The van der Waals surface area contributed by atoms with E-state index in [2.05, 4.69) is 6.07 Å². The molecule has 0 aliphatic carbocycles. The fourth-order valence-electron chi connectivity index (χ4n) is 3.55. The molecule has 0 radical (unpaired) electrons. The summed E-state index contributed by atoms with van der Waals surface area (Å²) in [4.78, 5) is 14.7. The maximum Gasteiger partial charge on any atom is 0.243 e. The first-order chi connectivity index (χ1) is 13.7. The topological polar surface area (TPSA) is 81.5 Å². The van der Waals surface area contributed by atoms with Crippen LogP contribution >= 0.6 is 0 Å². The van der Waals surface area contributed by atoms with Gasteiger partial charge in [0.25, 0.3) is 0 Å². The summed E-state index contributed by atoms with van der Waals surface area (Å²) < 4.78 is 27.4. The van der Waals surface area contributed by atoms with Crippen molar-refractivity contribution in [3.8, 4) is 6.07 Å². The van der Waals surface area contributed by atoms with E-state index in [-0.39, 0.29) is 11.8 Å². The number of sulfonamides is 1. The van der Waals surface area contributed by atoms with E-state index in [1.54, 1.807) is 48.3 Å². The zero-order chi connectivity index (χ0) is 21.2. The van der Waals surface area contributed by atoms with Crippen LogP contribution in [0.5, 0.6) is 0 Å². The lowest BCUT2D eigenvalue weighted by Gasteiger charge is -2.32. The van der Waals surface area contributed by atoms with Crippen LogP contribution in [0, 0.1) is 31.1 Å². The second-order valence-corrected chi connectivity index (χ2v) is 9.42. The van der Waals surface area contributed by atoms with Crippen molar-refractivity contribution in [1.82, 2.24) is 4.31 Å². The number of benzene rings is 2. The molecule has 0 spiro atoms. The van der Waals surface area contributed by atoms with Crippen LogP contribution in [0.25, 0.3) is 0 Å². The predicted molar refractivity (Wildman–Crippen MR) is 112 cm³/mol. The van der Waals surface area contributed by atoms with Crippen LogP contribution in [0.1, 0.15) is 29.5 Å². The lowest BCUT2D eigenvalue weighted by molar-refractivity contribution is -0.123. The minimum atomic E-state index is -3.56. The highest BCUT2D eigenvalue weighted by molar-refractivity contribution is 7.89. The smallest absolute Gasteiger partial charge is 0.243 e. The average Bonchev–Trinajstić information content (AvgIpc) is 2.74. The molecule has 2 aromatic rings. The summed E-state index contributed by atoms with van der Waals surface area (Å²) in [5.74, 6) is -0.291. The molecule has 1 amide bonds. The van der Waals surface area contributed by atoms with Crippen LogP contribution in [-0.4, -0.2) is 38.8 Å². The summed E-state index contributed by atoms with van der Waals surface area (Å²) >= 11 is 0. The lowest BCUT2D eigenvalue weighted by Crippen LogP contribution is -2.43. The van der Waals surface area contributed by atoms with E-state index in [1.165, 1.54) is 4.31 Å². The monoisotopic (exact) mass is 411 g/mol. The number of carbonyl (C=O) groups is 1. The summed E-state index contributed by atoms with van der Waals surface area (Å²) in [6, 6.07) is 14.2. The Bertz CT molecular complexity index is 1060. The predicted octanol–water partition coefficient (Wildman–Crippen LogP) is 3.24. The van der Waals surface area contributed by atoms with Crippen molar-refractivity contribution in [1.29, 1.82) is 5.26 Å². The van der Waals surface area contributed by atoms with E-state index in [0.717, 1.165) is 11.1 Å². The molecule has 1 heterocycles. The Labute approximate surface area is 172 Å². The fraction of sp³-hybridized carbons (Fsp3) is 0.364. The minimum absolute atomic E-state index is 0.0525. The van der Waals surface area contributed by atoms with Crippen LogP contribution in [0.2, 0.25) is 0 Å².